The first-order valence-electron chi connectivity index (χ1n) is 7.66. The number of carbonyl (C=O) groups excluding carboxylic acids is 1. The van der Waals surface area contributed by atoms with Gasteiger partial charge in [-0.15, -0.1) is 0 Å². The number of amides is 1. The number of aryl methyl sites for hydroxylation is 2. The Hall–Kier alpha value is -2.30. The standard InChI is InChI=1S/C18H25NO4/c1-6-11(2)17(18(21)22)19-16(20)8-7-15-12(3)9-14(23-5)10-13(15)4/h7-11,17H,6H2,1-5H3,(H,19,20)(H,21,22)/b8-7+. The van der Waals surface area contributed by atoms with E-state index in [0.29, 0.717) is 6.42 Å². The van der Waals surface area contributed by atoms with E-state index in [-0.39, 0.29) is 5.92 Å². The molecule has 0 aliphatic carbocycles. The van der Waals surface area contributed by atoms with Crippen LogP contribution in [0.5, 0.6) is 5.75 Å². The number of carboxylic acids is 1. The van der Waals surface area contributed by atoms with E-state index in [1.165, 1.54) is 6.08 Å². The monoisotopic (exact) mass is 319 g/mol. The molecule has 1 amide bonds. The molecule has 1 rings (SSSR count). The Kier molecular flexibility index (Phi) is 6.82. The van der Waals surface area contributed by atoms with Crippen LogP contribution in [0.15, 0.2) is 18.2 Å². The third kappa shape index (κ3) is 5.13. The second kappa shape index (κ2) is 8.36. The molecule has 0 saturated heterocycles. The van der Waals surface area contributed by atoms with Gasteiger partial charge in [0.05, 0.1) is 7.11 Å². The number of aliphatic carboxylic acids is 1. The molecule has 2 N–H and O–H groups in total. The molecule has 23 heavy (non-hydrogen) atoms. The van der Waals surface area contributed by atoms with E-state index in [0.717, 1.165) is 22.4 Å². The van der Waals surface area contributed by atoms with Crippen molar-refractivity contribution in [3.05, 3.63) is 34.9 Å². The molecule has 0 aliphatic rings. The SMILES string of the molecule is CCC(C)C(NC(=O)/C=C/c1c(C)cc(OC)cc1C)C(=O)O. The van der Waals surface area contributed by atoms with Crippen LogP contribution in [-0.2, 0) is 9.59 Å². The Morgan fingerprint density at radius 1 is 1.30 bits per heavy atom. The van der Waals surface area contributed by atoms with Crippen LogP contribution in [0.3, 0.4) is 0 Å². The quantitative estimate of drug-likeness (QED) is 0.758. The van der Waals surface area contributed by atoms with E-state index in [4.69, 9.17) is 4.74 Å². The third-order valence-electron chi connectivity index (χ3n) is 3.98. The molecule has 0 aromatic heterocycles. The first-order chi connectivity index (χ1) is 10.8. The first-order valence-corrected chi connectivity index (χ1v) is 7.66. The maximum absolute atomic E-state index is 12.0. The second-order valence-corrected chi connectivity index (χ2v) is 5.72. The summed E-state index contributed by atoms with van der Waals surface area (Å²) in [6.07, 6.45) is 3.76. The van der Waals surface area contributed by atoms with E-state index < -0.39 is 17.9 Å². The molecule has 1 aromatic carbocycles. The third-order valence-corrected chi connectivity index (χ3v) is 3.98. The molecule has 0 heterocycles. The topological polar surface area (TPSA) is 75.6 Å². The number of nitrogens with one attached hydrogen (secondary N) is 1. The largest absolute Gasteiger partial charge is 0.497 e. The predicted octanol–water partition coefficient (Wildman–Crippen LogP) is 2.94. The lowest BCUT2D eigenvalue weighted by Crippen LogP contribution is -2.44. The number of benzene rings is 1. The van der Waals surface area contributed by atoms with Gasteiger partial charge in [-0.1, -0.05) is 20.3 Å². The molecule has 0 radical (unpaired) electrons. The molecule has 0 bridgehead atoms. The fourth-order valence-corrected chi connectivity index (χ4v) is 2.36. The van der Waals surface area contributed by atoms with E-state index in [2.05, 4.69) is 5.32 Å². The fourth-order valence-electron chi connectivity index (χ4n) is 2.36. The molecular formula is C18H25NO4. The van der Waals surface area contributed by atoms with Gasteiger partial charge in [-0.25, -0.2) is 4.79 Å². The van der Waals surface area contributed by atoms with E-state index in [9.17, 15) is 14.7 Å². The van der Waals surface area contributed by atoms with Crippen molar-refractivity contribution >= 4 is 18.0 Å². The second-order valence-electron chi connectivity index (χ2n) is 5.72. The summed E-state index contributed by atoms with van der Waals surface area (Å²) in [5.74, 6) is -0.788. The van der Waals surface area contributed by atoms with E-state index >= 15 is 0 Å². The van der Waals surface area contributed by atoms with Crippen LogP contribution in [-0.4, -0.2) is 30.1 Å². The summed E-state index contributed by atoms with van der Waals surface area (Å²) in [6.45, 7) is 7.58. The summed E-state index contributed by atoms with van der Waals surface area (Å²) in [4.78, 5) is 23.2. The van der Waals surface area contributed by atoms with Gasteiger partial charge in [0.15, 0.2) is 0 Å². The van der Waals surface area contributed by atoms with E-state index in [1.807, 2.05) is 32.9 Å². The maximum atomic E-state index is 12.0. The number of hydrogen-bond donors (Lipinski definition) is 2. The summed E-state index contributed by atoms with van der Waals surface area (Å²) in [5.41, 5.74) is 2.90. The van der Waals surface area contributed by atoms with Crippen molar-refractivity contribution in [1.29, 1.82) is 0 Å². The van der Waals surface area contributed by atoms with Crippen molar-refractivity contribution in [3.8, 4) is 5.75 Å². The van der Waals surface area contributed by atoms with Gasteiger partial charge in [-0.05, 0) is 54.7 Å². The Balaban J connectivity index is 2.89. The Morgan fingerprint density at radius 3 is 2.30 bits per heavy atom. The summed E-state index contributed by atoms with van der Waals surface area (Å²) in [5, 5.41) is 11.8. The summed E-state index contributed by atoms with van der Waals surface area (Å²) in [7, 11) is 1.61. The Bertz CT molecular complexity index is 584. The molecule has 0 fully saturated rings. The van der Waals surface area contributed by atoms with Crippen LogP contribution >= 0.6 is 0 Å². The molecular weight excluding hydrogens is 294 g/mol. The zero-order valence-electron chi connectivity index (χ0n) is 14.3. The Morgan fingerprint density at radius 2 is 1.87 bits per heavy atom. The highest BCUT2D eigenvalue weighted by atomic mass is 16.5. The van der Waals surface area contributed by atoms with Crippen LogP contribution in [0.4, 0.5) is 0 Å². The van der Waals surface area contributed by atoms with Crippen molar-refractivity contribution in [1.82, 2.24) is 5.32 Å². The number of hydrogen-bond acceptors (Lipinski definition) is 3. The molecule has 2 unspecified atom stereocenters. The summed E-state index contributed by atoms with van der Waals surface area (Å²) in [6, 6.07) is 2.91. The van der Waals surface area contributed by atoms with Crippen LogP contribution in [0.25, 0.3) is 6.08 Å². The lowest BCUT2D eigenvalue weighted by molar-refractivity contribution is -0.142. The van der Waals surface area contributed by atoms with Crippen molar-refractivity contribution in [3.63, 3.8) is 0 Å². The van der Waals surface area contributed by atoms with Crippen molar-refractivity contribution in [2.24, 2.45) is 5.92 Å². The molecule has 0 saturated carbocycles. The molecule has 1 aromatic rings. The highest BCUT2D eigenvalue weighted by molar-refractivity contribution is 5.94. The van der Waals surface area contributed by atoms with Crippen LogP contribution in [0.1, 0.15) is 37.0 Å². The molecule has 5 nitrogen and oxygen atoms in total. The fraction of sp³-hybridized carbons (Fsp3) is 0.444. The number of carboxylic acid groups (broad SMARTS) is 1. The minimum atomic E-state index is -1.02. The minimum Gasteiger partial charge on any atom is -0.497 e. The van der Waals surface area contributed by atoms with Crippen molar-refractivity contribution in [2.45, 2.75) is 40.2 Å². The Labute approximate surface area is 137 Å². The average molecular weight is 319 g/mol. The lowest BCUT2D eigenvalue weighted by atomic mass is 9.99. The van der Waals surface area contributed by atoms with Gasteiger partial charge < -0.3 is 15.2 Å². The van der Waals surface area contributed by atoms with Gasteiger partial charge in [0.2, 0.25) is 5.91 Å². The maximum Gasteiger partial charge on any atom is 0.326 e. The van der Waals surface area contributed by atoms with Gasteiger partial charge in [-0.2, -0.15) is 0 Å². The van der Waals surface area contributed by atoms with Crippen LogP contribution < -0.4 is 10.1 Å². The number of carbonyl (C=O) groups is 2. The number of rotatable bonds is 7. The molecule has 0 aliphatic heterocycles. The van der Waals surface area contributed by atoms with Gasteiger partial charge >= 0.3 is 5.97 Å². The highest BCUT2D eigenvalue weighted by Gasteiger charge is 2.24. The molecule has 5 heteroatoms. The van der Waals surface area contributed by atoms with Crippen LogP contribution in [0.2, 0.25) is 0 Å². The van der Waals surface area contributed by atoms with Crippen molar-refractivity contribution < 1.29 is 19.4 Å². The van der Waals surface area contributed by atoms with Gasteiger partial charge in [0.25, 0.3) is 0 Å². The minimum absolute atomic E-state index is 0.130. The number of ether oxygens (including phenoxy) is 1. The van der Waals surface area contributed by atoms with E-state index in [1.54, 1.807) is 20.1 Å². The molecule has 126 valence electrons. The smallest absolute Gasteiger partial charge is 0.326 e. The van der Waals surface area contributed by atoms with Gasteiger partial charge in [0.1, 0.15) is 11.8 Å². The first kappa shape index (κ1) is 18.7. The normalized spacial score (nSPS) is 13.6. The molecule has 0 spiro atoms. The lowest BCUT2D eigenvalue weighted by Gasteiger charge is -2.19. The molecule has 2 atom stereocenters. The summed E-state index contributed by atoms with van der Waals surface area (Å²) < 4.78 is 5.21. The van der Waals surface area contributed by atoms with Crippen molar-refractivity contribution in [2.75, 3.05) is 7.11 Å². The zero-order valence-corrected chi connectivity index (χ0v) is 14.3. The predicted molar refractivity (Wildman–Crippen MR) is 90.5 cm³/mol. The van der Waals surface area contributed by atoms with Gasteiger partial charge in [-0.3, -0.25) is 4.79 Å². The van der Waals surface area contributed by atoms with Gasteiger partial charge in [0, 0.05) is 6.08 Å². The summed E-state index contributed by atoms with van der Waals surface area (Å²) >= 11 is 0. The number of methoxy groups -OCH3 is 1. The zero-order chi connectivity index (χ0) is 17.6. The highest BCUT2D eigenvalue weighted by Crippen LogP contribution is 2.22. The van der Waals surface area contributed by atoms with Crippen LogP contribution in [0, 0.1) is 19.8 Å². The average Bonchev–Trinajstić information content (AvgIpc) is 2.50.